The summed E-state index contributed by atoms with van der Waals surface area (Å²) in [7, 11) is -3.70. The third kappa shape index (κ3) is 5.27. The lowest BCUT2D eigenvalue weighted by Crippen LogP contribution is -2.26. The van der Waals surface area contributed by atoms with Gasteiger partial charge in [-0.15, -0.1) is 0 Å². The van der Waals surface area contributed by atoms with Crippen molar-refractivity contribution in [2.75, 3.05) is 12.9 Å². The van der Waals surface area contributed by atoms with E-state index in [1.807, 2.05) is 6.92 Å². The zero-order valence-electron chi connectivity index (χ0n) is 15.1. The minimum absolute atomic E-state index is 0.0950. The lowest BCUT2D eigenvalue weighted by atomic mass is 10.1. The summed E-state index contributed by atoms with van der Waals surface area (Å²) in [4.78, 5) is 22.5. The van der Waals surface area contributed by atoms with Gasteiger partial charge in [-0.05, 0) is 37.6 Å². The molecule has 0 saturated heterocycles. The van der Waals surface area contributed by atoms with Gasteiger partial charge < -0.3 is 10.1 Å². The van der Waals surface area contributed by atoms with Crippen LogP contribution >= 0.6 is 0 Å². The Labute approximate surface area is 157 Å². The van der Waals surface area contributed by atoms with Crippen molar-refractivity contribution in [2.45, 2.75) is 24.8 Å². The molecular formula is C18H20N2O6S. The Morgan fingerprint density at radius 3 is 2.37 bits per heavy atom. The molecule has 1 N–H and O–H groups in total. The first-order chi connectivity index (χ1) is 12.6. The van der Waals surface area contributed by atoms with Gasteiger partial charge in [0.1, 0.15) is 5.75 Å². The molecule has 9 heteroatoms. The van der Waals surface area contributed by atoms with Crippen LogP contribution in [-0.4, -0.2) is 32.1 Å². The minimum atomic E-state index is -3.70. The second-order valence-electron chi connectivity index (χ2n) is 5.94. The number of ether oxygens (including phenoxy) is 1. The molecule has 0 heterocycles. The van der Waals surface area contributed by atoms with E-state index in [4.69, 9.17) is 4.74 Å². The fourth-order valence-corrected chi connectivity index (χ4v) is 3.09. The molecule has 144 valence electrons. The SMILES string of the molecule is CCOc1ccc(C(C)NC(=O)c2cc([N+](=O)[O-])cc(S(C)(=O)=O)c2)cc1. The maximum Gasteiger partial charge on any atom is 0.271 e. The number of hydrogen-bond donors (Lipinski definition) is 1. The van der Waals surface area contributed by atoms with Crippen molar-refractivity contribution in [1.82, 2.24) is 5.32 Å². The van der Waals surface area contributed by atoms with Crippen LogP contribution in [-0.2, 0) is 9.84 Å². The van der Waals surface area contributed by atoms with Gasteiger partial charge in [-0.3, -0.25) is 14.9 Å². The molecule has 0 aliphatic rings. The minimum Gasteiger partial charge on any atom is -0.494 e. The van der Waals surface area contributed by atoms with Crippen LogP contribution < -0.4 is 10.1 Å². The van der Waals surface area contributed by atoms with E-state index in [9.17, 15) is 23.3 Å². The quantitative estimate of drug-likeness (QED) is 0.572. The van der Waals surface area contributed by atoms with Crippen molar-refractivity contribution in [3.63, 3.8) is 0 Å². The van der Waals surface area contributed by atoms with Gasteiger partial charge in [-0.1, -0.05) is 12.1 Å². The van der Waals surface area contributed by atoms with E-state index in [0.29, 0.717) is 12.4 Å². The molecule has 2 aromatic rings. The van der Waals surface area contributed by atoms with Gasteiger partial charge in [-0.25, -0.2) is 8.42 Å². The molecule has 0 aliphatic heterocycles. The van der Waals surface area contributed by atoms with Crippen molar-refractivity contribution in [3.05, 3.63) is 63.7 Å². The van der Waals surface area contributed by atoms with Gasteiger partial charge in [0.05, 0.1) is 22.5 Å². The molecule has 0 radical (unpaired) electrons. The van der Waals surface area contributed by atoms with Crippen molar-refractivity contribution >= 4 is 21.4 Å². The molecule has 0 aliphatic carbocycles. The van der Waals surface area contributed by atoms with Crippen LogP contribution in [0.1, 0.15) is 35.8 Å². The van der Waals surface area contributed by atoms with Gasteiger partial charge in [0.25, 0.3) is 11.6 Å². The van der Waals surface area contributed by atoms with Gasteiger partial charge in [-0.2, -0.15) is 0 Å². The number of rotatable bonds is 7. The lowest BCUT2D eigenvalue weighted by molar-refractivity contribution is -0.385. The molecule has 0 spiro atoms. The topological polar surface area (TPSA) is 116 Å². The summed E-state index contributed by atoms with van der Waals surface area (Å²) in [6.45, 7) is 4.17. The zero-order valence-corrected chi connectivity index (χ0v) is 15.9. The number of nitrogens with one attached hydrogen (secondary N) is 1. The zero-order chi connectivity index (χ0) is 20.2. The molecular weight excluding hydrogens is 372 g/mol. The maximum absolute atomic E-state index is 12.5. The van der Waals surface area contributed by atoms with E-state index in [-0.39, 0.29) is 10.5 Å². The van der Waals surface area contributed by atoms with E-state index in [0.717, 1.165) is 30.0 Å². The second kappa shape index (κ2) is 8.17. The standard InChI is InChI=1S/C18H20N2O6S/c1-4-26-16-7-5-13(6-8-16)12(2)19-18(21)14-9-15(20(22)23)11-17(10-14)27(3,24)25/h5-12H,4H2,1-3H3,(H,19,21). The number of non-ortho nitro benzene ring substituents is 1. The molecule has 2 rings (SSSR count). The van der Waals surface area contributed by atoms with E-state index in [1.165, 1.54) is 0 Å². The summed E-state index contributed by atoms with van der Waals surface area (Å²) >= 11 is 0. The normalized spacial score (nSPS) is 12.3. The molecule has 0 fully saturated rings. The molecule has 1 atom stereocenters. The Morgan fingerprint density at radius 1 is 1.22 bits per heavy atom. The van der Waals surface area contributed by atoms with Crippen molar-refractivity contribution < 1.29 is 22.9 Å². The number of carbonyl (C=O) groups excluding carboxylic acids is 1. The fraction of sp³-hybridized carbons (Fsp3) is 0.278. The first-order valence-corrected chi connectivity index (χ1v) is 10.0. The lowest BCUT2D eigenvalue weighted by Gasteiger charge is -2.15. The third-order valence-electron chi connectivity index (χ3n) is 3.83. The van der Waals surface area contributed by atoms with Crippen molar-refractivity contribution in [2.24, 2.45) is 0 Å². The van der Waals surface area contributed by atoms with Crippen LogP contribution in [0.25, 0.3) is 0 Å². The highest BCUT2D eigenvalue weighted by Gasteiger charge is 2.20. The summed E-state index contributed by atoms with van der Waals surface area (Å²) in [6.07, 6.45) is 0.927. The number of amides is 1. The van der Waals surface area contributed by atoms with Gasteiger partial charge in [0, 0.05) is 24.0 Å². The largest absolute Gasteiger partial charge is 0.494 e. The second-order valence-corrected chi connectivity index (χ2v) is 7.96. The van der Waals surface area contributed by atoms with Crippen LogP contribution in [0.3, 0.4) is 0 Å². The van der Waals surface area contributed by atoms with Crippen LogP contribution in [0.15, 0.2) is 47.4 Å². The Hall–Kier alpha value is -2.94. The van der Waals surface area contributed by atoms with Crippen LogP contribution in [0.4, 0.5) is 5.69 Å². The van der Waals surface area contributed by atoms with Crippen molar-refractivity contribution in [1.29, 1.82) is 0 Å². The van der Waals surface area contributed by atoms with Gasteiger partial charge in [0.15, 0.2) is 9.84 Å². The molecule has 0 aromatic heterocycles. The maximum atomic E-state index is 12.5. The Morgan fingerprint density at radius 2 is 1.85 bits per heavy atom. The number of sulfone groups is 1. The Bertz CT molecular complexity index is 954. The predicted molar refractivity (Wildman–Crippen MR) is 99.7 cm³/mol. The van der Waals surface area contributed by atoms with Crippen LogP contribution in [0, 0.1) is 10.1 Å². The predicted octanol–water partition coefficient (Wildman–Crippen LogP) is 2.89. The van der Waals surface area contributed by atoms with Gasteiger partial charge in [0.2, 0.25) is 0 Å². The highest BCUT2D eigenvalue weighted by molar-refractivity contribution is 7.90. The number of hydrogen-bond acceptors (Lipinski definition) is 6. The van der Waals surface area contributed by atoms with Gasteiger partial charge >= 0.3 is 0 Å². The molecule has 1 unspecified atom stereocenters. The number of benzene rings is 2. The summed E-state index contributed by atoms with van der Waals surface area (Å²) in [5.41, 5.74) is 0.250. The van der Waals surface area contributed by atoms with E-state index < -0.39 is 32.4 Å². The average Bonchev–Trinajstić information content (AvgIpc) is 2.61. The third-order valence-corrected chi connectivity index (χ3v) is 4.92. The average molecular weight is 392 g/mol. The molecule has 8 nitrogen and oxygen atoms in total. The molecule has 1 amide bonds. The Kier molecular flexibility index (Phi) is 6.17. The number of carbonyl (C=O) groups is 1. The smallest absolute Gasteiger partial charge is 0.271 e. The number of nitro groups is 1. The van der Waals surface area contributed by atoms with Crippen molar-refractivity contribution in [3.8, 4) is 5.75 Å². The van der Waals surface area contributed by atoms with E-state index in [1.54, 1.807) is 31.2 Å². The number of nitro benzene ring substituents is 1. The first-order valence-electron chi connectivity index (χ1n) is 8.15. The molecule has 27 heavy (non-hydrogen) atoms. The van der Waals surface area contributed by atoms with E-state index >= 15 is 0 Å². The summed E-state index contributed by atoms with van der Waals surface area (Å²) in [5, 5.41) is 13.8. The van der Waals surface area contributed by atoms with E-state index in [2.05, 4.69) is 5.32 Å². The number of nitrogens with zero attached hydrogens (tertiary/aromatic N) is 1. The monoisotopic (exact) mass is 392 g/mol. The highest BCUT2D eigenvalue weighted by atomic mass is 32.2. The van der Waals surface area contributed by atoms with Crippen LogP contribution in [0.2, 0.25) is 0 Å². The molecule has 2 aromatic carbocycles. The fourth-order valence-electron chi connectivity index (χ4n) is 2.42. The first kappa shape index (κ1) is 20.4. The molecule has 0 bridgehead atoms. The van der Waals surface area contributed by atoms with Crippen LogP contribution in [0.5, 0.6) is 5.75 Å². The highest BCUT2D eigenvalue weighted by Crippen LogP contribution is 2.22. The summed E-state index contributed by atoms with van der Waals surface area (Å²) < 4.78 is 28.9. The summed E-state index contributed by atoms with van der Waals surface area (Å²) in [6, 6.07) is 9.86. The summed E-state index contributed by atoms with van der Waals surface area (Å²) in [5.74, 6) is 0.0984. The Balaban J connectivity index is 2.26. The molecule has 0 saturated carbocycles.